The highest BCUT2D eigenvalue weighted by Crippen LogP contribution is 2.52. The zero-order chi connectivity index (χ0) is 20.2. The number of nitrogens with zero attached hydrogens (tertiary/aromatic N) is 3. The predicted octanol–water partition coefficient (Wildman–Crippen LogP) is 3.34. The number of carbonyl (C=O) groups is 2. The van der Waals surface area contributed by atoms with Crippen LogP contribution < -0.4 is 10.2 Å². The Labute approximate surface area is 168 Å². The lowest BCUT2D eigenvalue weighted by molar-refractivity contribution is -0.126. The first-order valence-electron chi connectivity index (χ1n) is 9.54. The van der Waals surface area contributed by atoms with Crippen molar-refractivity contribution in [1.29, 1.82) is 0 Å². The van der Waals surface area contributed by atoms with Gasteiger partial charge in [-0.1, -0.05) is 42.0 Å². The maximum Gasteiger partial charge on any atom is 0.243 e. The van der Waals surface area contributed by atoms with E-state index in [9.17, 15) is 9.59 Å². The van der Waals surface area contributed by atoms with Gasteiger partial charge in [0.05, 0.1) is 11.9 Å². The highest BCUT2D eigenvalue weighted by atomic mass is 16.2. The average molecular weight is 384 g/mol. The van der Waals surface area contributed by atoms with E-state index < -0.39 is 5.41 Å². The van der Waals surface area contributed by atoms with Gasteiger partial charge in [0.2, 0.25) is 11.8 Å². The molecule has 2 aliphatic heterocycles. The van der Waals surface area contributed by atoms with Crippen molar-refractivity contribution in [3.05, 3.63) is 84.1 Å². The number of rotatable bonds is 3. The first-order chi connectivity index (χ1) is 14.1. The molecule has 0 bridgehead atoms. The molecule has 6 heteroatoms. The molecule has 29 heavy (non-hydrogen) atoms. The largest absolute Gasteiger partial charge is 0.310 e. The lowest BCUT2D eigenvalue weighted by Gasteiger charge is -2.32. The van der Waals surface area contributed by atoms with Gasteiger partial charge in [0.15, 0.2) is 0 Å². The lowest BCUT2D eigenvalue weighted by Crippen LogP contribution is -2.46. The molecule has 0 aliphatic carbocycles. The van der Waals surface area contributed by atoms with Crippen LogP contribution in [0.2, 0.25) is 0 Å². The van der Waals surface area contributed by atoms with Crippen molar-refractivity contribution in [3.63, 3.8) is 0 Å². The number of hydrogen-bond acceptors (Lipinski definition) is 3. The Morgan fingerprint density at radius 3 is 2.72 bits per heavy atom. The molecule has 0 radical (unpaired) electrons. The van der Waals surface area contributed by atoms with E-state index in [1.54, 1.807) is 21.9 Å². The van der Waals surface area contributed by atoms with Crippen LogP contribution in [0.1, 0.15) is 23.1 Å². The van der Waals surface area contributed by atoms with Crippen molar-refractivity contribution in [2.75, 3.05) is 16.8 Å². The molecule has 0 unspecified atom stereocenters. The van der Waals surface area contributed by atoms with E-state index >= 15 is 0 Å². The summed E-state index contributed by atoms with van der Waals surface area (Å²) < 4.78 is 1.69. The molecule has 2 aliphatic rings. The Bertz CT molecular complexity index is 1160. The second kappa shape index (κ2) is 6.17. The maximum atomic E-state index is 13.8. The SMILES string of the molecule is C=CCN1C(=O)[C@]2(CC(=O)Nc3c2cnn3-c2ccccc2)c2cc(C)ccc21. The minimum Gasteiger partial charge on any atom is -0.310 e. The minimum atomic E-state index is -1.07. The zero-order valence-electron chi connectivity index (χ0n) is 16.1. The summed E-state index contributed by atoms with van der Waals surface area (Å²) in [7, 11) is 0. The molecule has 2 amide bonds. The van der Waals surface area contributed by atoms with E-state index in [1.165, 1.54) is 0 Å². The summed E-state index contributed by atoms with van der Waals surface area (Å²) in [6.07, 6.45) is 3.48. The summed E-state index contributed by atoms with van der Waals surface area (Å²) >= 11 is 0. The molecule has 144 valence electrons. The molecular weight excluding hydrogens is 364 g/mol. The van der Waals surface area contributed by atoms with Crippen LogP contribution in [-0.2, 0) is 15.0 Å². The molecule has 1 aromatic heterocycles. The molecule has 1 spiro atoms. The van der Waals surface area contributed by atoms with Crippen LogP contribution in [0.5, 0.6) is 0 Å². The van der Waals surface area contributed by atoms with Gasteiger partial charge in [-0.15, -0.1) is 6.58 Å². The Hall–Kier alpha value is -3.67. The van der Waals surface area contributed by atoms with E-state index in [2.05, 4.69) is 17.0 Å². The fraction of sp³-hybridized carbons (Fsp3) is 0.174. The Balaban J connectivity index is 1.78. The van der Waals surface area contributed by atoms with Crippen LogP contribution in [0, 0.1) is 6.92 Å². The van der Waals surface area contributed by atoms with E-state index in [-0.39, 0.29) is 18.2 Å². The predicted molar refractivity (Wildman–Crippen MR) is 111 cm³/mol. The summed E-state index contributed by atoms with van der Waals surface area (Å²) in [6.45, 7) is 6.18. The number of hydrogen-bond donors (Lipinski definition) is 1. The molecule has 3 aromatic rings. The van der Waals surface area contributed by atoms with Gasteiger partial charge in [-0.2, -0.15) is 5.10 Å². The molecule has 6 nitrogen and oxygen atoms in total. The Morgan fingerprint density at radius 1 is 1.17 bits per heavy atom. The fourth-order valence-corrected chi connectivity index (χ4v) is 4.48. The highest BCUT2D eigenvalue weighted by Gasteiger charge is 2.57. The van der Waals surface area contributed by atoms with Crippen molar-refractivity contribution >= 4 is 23.3 Å². The minimum absolute atomic E-state index is 0.0589. The zero-order valence-corrected chi connectivity index (χ0v) is 16.1. The van der Waals surface area contributed by atoms with E-state index in [1.807, 2.05) is 55.5 Å². The van der Waals surface area contributed by atoms with Crippen molar-refractivity contribution in [2.24, 2.45) is 0 Å². The molecule has 0 saturated carbocycles. The van der Waals surface area contributed by atoms with Crippen LogP contribution in [0.4, 0.5) is 11.5 Å². The second-order valence-electron chi connectivity index (χ2n) is 7.51. The summed E-state index contributed by atoms with van der Waals surface area (Å²) in [5, 5.41) is 7.47. The molecule has 5 rings (SSSR count). The number of carbonyl (C=O) groups excluding carboxylic acids is 2. The van der Waals surface area contributed by atoms with Crippen LogP contribution in [0.3, 0.4) is 0 Å². The summed E-state index contributed by atoms with van der Waals surface area (Å²) in [5.41, 5.74) is 3.20. The molecule has 0 fully saturated rings. The first-order valence-corrected chi connectivity index (χ1v) is 9.54. The number of aromatic nitrogens is 2. The molecule has 0 saturated heterocycles. The van der Waals surface area contributed by atoms with Crippen LogP contribution in [0.25, 0.3) is 5.69 Å². The van der Waals surface area contributed by atoms with E-state index in [4.69, 9.17) is 0 Å². The maximum absolute atomic E-state index is 13.8. The van der Waals surface area contributed by atoms with Crippen molar-refractivity contribution in [2.45, 2.75) is 18.8 Å². The van der Waals surface area contributed by atoms with Gasteiger partial charge >= 0.3 is 0 Å². The summed E-state index contributed by atoms with van der Waals surface area (Å²) in [5.74, 6) is 0.242. The third kappa shape index (κ3) is 2.32. The highest BCUT2D eigenvalue weighted by molar-refractivity contribution is 6.16. The van der Waals surface area contributed by atoms with Gasteiger partial charge in [-0.25, -0.2) is 4.68 Å². The standard InChI is InChI=1S/C23H20N4O2/c1-3-11-26-19-10-9-15(2)12-17(19)23(22(26)29)13-20(28)25-21-18(23)14-24-27(21)16-7-5-4-6-8-16/h3-10,12,14H,1,11,13H2,2H3,(H,25,28)/t23-/m1/s1. The Morgan fingerprint density at radius 2 is 1.97 bits per heavy atom. The topological polar surface area (TPSA) is 67.2 Å². The number of anilines is 2. The van der Waals surface area contributed by atoms with Crippen molar-refractivity contribution < 1.29 is 9.59 Å². The third-order valence-corrected chi connectivity index (χ3v) is 5.74. The monoisotopic (exact) mass is 384 g/mol. The number of benzene rings is 2. The number of nitrogens with one attached hydrogen (secondary N) is 1. The second-order valence-corrected chi connectivity index (χ2v) is 7.51. The lowest BCUT2D eigenvalue weighted by atomic mass is 9.71. The van der Waals surface area contributed by atoms with Gasteiger partial charge < -0.3 is 10.2 Å². The summed E-state index contributed by atoms with van der Waals surface area (Å²) in [4.78, 5) is 28.3. The first kappa shape index (κ1) is 17.4. The molecule has 1 N–H and O–H groups in total. The number of fused-ring (bicyclic) bond motifs is 4. The van der Waals surface area contributed by atoms with Gasteiger partial charge in [-0.3, -0.25) is 9.59 Å². The average Bonchev–Trinajstić information content (AvgIpc) is 3.23. The van der Waals surface area contributed by atoms with E-state index in [0.29, 0.717) is 12.4 Å². The van der Waals surface area contributed by atoms with Gasteiger partial charge in [0.25, 0.3) is 0 Å². The Kier molecular flexibility index (Phi) is 3.71. The molecular formula is C23H20N4O2. The molecule has 1 atom stereocenters. The van der Waals surface area contributed by atoms with Gasteiger partial charge in [0, 0.05) is 24.2 Å². The van der Waals surface area contributed by atoms with Crippen molar-refractivity contribution in [1.82, 2.24) is 9.78 Å². The number of aryl methyl sites for hydroxylation is 1. The van der Waals surface area contributed by atoms with Crippen LogP contribution >= 0.6 is 0 Å². The number of para-hydroxylation sites is 1. The number of amides is 2. The normalized spacial score (nSPS) is 19.8. The van der Waals surface area contributed by atoms with Gasteiger partial charge in [-0.05, 0) is 30.7 Å². The third-order valence-electron chi connectivity index (χ3n) is 5.74. The molecule has 3 heterocycles. The smallest absolute Gasteiger partial charge is 0.243 e. The van der Waals surface area contributed by atoms with Crippen LogP contribution in [-0.4, -0.2) is 28.1 Å². The summed E-state index contributed by atoms with van der Waals surface area (Å²) in [6, 6.07) is 15.5. The van der Waals surface area contributed by atoms with Crippen molar-refractivity contribution in [3.8, 4) is 5.69 Å². The van der Waals surface area contributed by atoms with Crippen LogP contribution in [0.15, 0.2) is 67.4 Å². The van der Waals surface area contributed by atoms with E-state index in [0.717, 1.165) is 28.1 Å². The fourth-order valence-electron chi connectivity index (χ4n) is 4.48. The quantitative estimate of drug-likeness (QED) is 0.705. The molecule has 2 aromatic carbocycles. The van der Waals surface area contributed by atoms with Gasteiger partial charge in [0.1, 0.15) is 11.2 Å².